The third-order valence-corrected chi connectivity index (χ3v) is 4.10. The van der Waals surface area contributed by atoms with Crippen LogP contribution in [0.15, 0.2) is 10.9 Å². The van der Waals surface area contributed by atoms with Crippen LogP contribution in [0, 0.1) is 13.8 Å². The second kappa shape index (κ2) is 5.75. The van der Waals surface area contributed by atoms with Gasteiger partial charge in [0.1, 0.15) is 17.2 Å². The molecule has 0 aliphatic carbocycles. The van der Waals surface area contributed by atoms with Crippen molar-refractivity contribution in [1.29, 1.82) is 0 Å². The molecule has 2 rings (SSSR count). The summed E-state index contributed by atoms with van der Waals surface area (Å²) in [5.41, 5.74) is -0.182. The van der Waals surface area contributed by atoms with E-state index in [9.17, 15) is 9.59 Å². The summed E-state index contributed by atoms with van der Waals surface area (Å²) in [6, 6.07) is 1.81. The molecule has 2 aromatic rings. The van der Waals surface area contributed by atoms with Crippen molar-refractivity contribution in [3.8, 4) is 0 Å². The molecule has 0 N–H and O–H groups in total. The molecule has 0 fully saturated rings. The summed E-state index contributed by atoms with van der Waals surface area (Å²) < 4.78 is 6.58. The van der Waals surface area contributed by atoms with Crippen molar-refractivity contribution in [2.45, 2.75) is 46.8 Å². The molecular formula is C14H18N2O3S. The fourth-order valence-corrected chi connectivity index (χ4v) is 2.81. The zero-order chi connectivity index (χ0) is 14.9. The normalized spacial score (nSPS) is 12.6. The second-order valence-electron chi connectivity index (χ2n) is 4.83. The number of thiophene rings is 1. The van der Waals surface area contributed by atoms with Crippen LogP contribution in [0.1, 0.15) is 31.0 Å². The first-order valence-electron chi connectivity index (χ1n) is 6.59. The van der Waals surface area contributed by atoms with Gasteiger partial charge in [0.15, 0.2) is 0 Å². The van der Waals surface area contributed by atoms with Crippen molar-refractivity contribution in [2.24, 2.45) is 0 Å². The highest BCUT2D eigenvalue weighted by atomic mass is 32.1. The van der Waals surface area contributed by atoms with Gasteiger partial charge in [0.05, 0.1) is 11.5 Å². The first-order chi connectivity index (χ1) is 9.42. The van der Waals surface area contributed by atoms with Crippen LogP contribution in [0.2, 0.25) is 0 Å². The van der Waals surface area contributed by atoms with Crippen molar-refractivity contribution in [1.82, 2.24) is 9.55 Å². The van der Waals surface area contributed by atoms with E-state index in [1.165, 1.54) is 15.9 Å². The van der Waals surface area contributed by atoms with E-state index in [4.69, 9.17) is 4.74 Å². The molecule has 0 aromatic carbocycles. The van der Waals surface area contributed by atoms with E-state index in [1.807, 2.05) is 26.8 Å². The molecule has 0 saturated heterocycles. The summed E-state index contributed by atoms with van der Waals surface area (Å²) in [4.78, 5) is 30.3. The zero-order valence-electron chi connectivity index (χ0n) is 12.1. The van der Waals surface area contributed by atoms with E-state index in [2.05, 4.69) is 4.98 Å². The Balaban J connectivity index is 2.34. The SMILES string of the molecule is CCC(C)OC(=O)Cn1c(C)nc2sc(C)cc2c1=O. The van der Waals surface area contributed by atoms with Gasteiger partial charge in [-0.2, -0.15) is 0 Å². The lowest BCUT2D eigenvalue weighted by molar-refractivity contribution is -0.149. The highest BCUT2D eigenvalue weighted by Crippen LogP contribution is 2.20. The van der Waals surface area contributed by atoms with Crippen molar-refractivity contribution >= 4 is 27.5 Å². The van der Waals surface area contributed by atoms with Crippen molar-refractivity contribution < 1.29 is 9.53 Å². The van der Waals surface area contributed by atoms with Crippen LogP contribution in [0.4, 0.5) is 0 Å². The van der Waals surface area contributed by atoms with Gasteiger partial charge in [0.25, 0.3) is 5.56 Å². The van der Waals surface area contributed by atoms with Gasteiger partial charge in [-0.25, -0.2) is 4.98 Å². The Labute approximate surface area is 121 Å². The van der Waals surface area contributed by atoms with Crippen molar-refractivity contribution in [2.75, 3.05) is 0 Å². The second-order valence-corrected chi connectivity index (χ2v) is 6.07. The predicted molar refractivity (Wildman–Crippen MR) is 79.2 cm³/mol. The van der Waals surface area contributed by atoms with E-state index in [-0.39, 0.29) is 18.2 Å². The van der Waals surface area contributed by atoms with Gasteiger partial charge >= 0.3 is 5.97 Å². The lowest BCUT2D eigenvalue weighted by Crippen LogP contribution is -2.29. The van der Waals surface area contributed by atoms with Crippen molar-refractivity contribution in [3.63, 3.8) is 0 Å². The average Bonchev–Trinajstić information content (AvgIpc) is 2.75. The van der Waals surface area contributed by atoms with E-state index >= 15 is 0 Å². The van der Waals surface area contributed by atoms with E-state index < -0.39 is 5.97 Å². The molecule has 108 valence electrons. The number of carbonyl (C=O) groups is 1. The summed E-state index contributed by atoms with van der Waals surface area (Å²) in [5.74, 6) is 0.128. The number of fused-ring (bicyclic) bond motifs is 1. The Morgan fingerprint density at radius 2 is 2.20 bits per heavy atom. The number of ether oxygens (including phenoxy) is 1. The third kappa shape index (κ3) is 2.90. The molecule has 1 unspecified atom stereocenters. The van der Waals surface area contributed by atoms with Gasteiger partial charge in [-0.1, -0.05) is 6.92 Å². The van der Waals surface area contributed by atoms with Gasteiger partial charge in [0, 0.05) is 4.88 Å². The summed E-state index contributed by atoms with van der Waals surface area (Å²) in [6.07, 6.45) is 0.610. The Morgan fingerprint density at radius 3 is 2.85 bits per heavy atom. The maximum absolute atomic E-state index is 12.4. The van der Waals surface area contributed by atoms with Gasteiger partial charge in [-0.15, -0.1) is 11.3 Å². The lowest BCUT2D eigenvalue weighted by Gasteiger charge is -2.13. The molecule has 2 aromatic heterocycles. The van der Waals surface area contributed by atoms with Gasteiger partial charge < -0.3 is 4.74 Å². The molecule has 0 spiro atoms. The molecule has 0 amide bonds. The standard InChI is InChI=1S/C14H18N2O3S/c1-5-8(2)19-12(17)7-16-10(4)15-13-11(14(16)18)6-9(3)20-13/h6,8H,5,7H2,1-4H3. The van der Waals surface area contributed by atoms with Gasteiger partial charge in [-0.3, -0.25) is 14.2 Å². The van der Waals surface area contributed by atoms with E-state index in [0.29, 0.717) is 11.2 Å². The quantitative estimate of drug-likeness (QED) is 0.812. The van der Waals surface area contributed by atoms with Gasteiger partial charge in [0.2, 0.25) is 0 Å². The number of rotatable bonds is 4. The molecule has 20 heavy (non-hydrogen) atoms. The number of hydrogen-bond acceptors (Lipinski definition) is 5. The summed E-state index contributed by atoms with van der Waals surface area (Å²) in [7, 11) is 0. The summed E-state index contributed by atoms with van der Waals surface area (Å²) in [6.45, 7) is 7.34. The first-order valence-corrected chi connectivity index (χ1v) is 7.41. The maximum atomic E-state index is 12.4. The molecular weight excluding hydrogens is 276 g/mol. The number of aromatic nitrogens is 2. The Bertz CT molecular complexity index is 702. The minimum atomic E-state index is -0.405. The smallest absolute Gasteiger partial charge is 0.326 e. The fourth-order valence-electron chi connectivity index (χ4n) is 1.90. The molecule has 2 heterocycles. The molecule has 0 bridgehead atoms. The predicted octanol–water partition coefficient (Wildman–Crippen LogP) is 2.42. The topological polar surface area (TPSA) is 61.2 Å². The van der Waals surface area contributed by atoms with E-state index in [0.717, 1.165) is 16.1 Å². The minimum absolute atomic E-state index is 0.0904. The van der Waals surface area contributed by atoms with Crippen molar-refractivity contribution in [3.05, 3.63) is 27.1 Å². The van der Waals surface area contributed by atoms with E-state index in [1.54, 1.807) is 6.92 Å². The summed E-state index contributed by atoms with van der Waals surface area (Å²) >= 11 is 1.48. The molecule has 6 heteroatoms. The van der Waals surface area contributed by atoms with Crippen LogP contribution in [0.3, 0.4) is 0 Å². The van der Waals surface area contributed by atoms with Crippen LogP contribution in [-0.2, 0) is 16.1 Å². The Morgan fingerprint density at radius 1 is 1.50 bits per heavy atom. The third-order valence-electron chi connectivity index (χ3n) is 3.16. The fraction of sp³-hybridized carbons (Fsp3) is 0.500. The van der Waals surface area contributed by atoms with Gasteiger partial charge in [-0.05, 0) is 33.3 Å². The maximum Gasteiger partial charge on any atom is 0.326 e. The number of esters is 1. The van der Waals surface area contributed by atoms with Crippen LogP contribution >= 0.6 is 11.3 Å². The number of hydrogen-bond donors (Lipinski definition) is 0. The highest BCUT2D eigenvalue weighted by molar-refractivity contribution is 7.18. The average molecular weight is 294 g/mol. The highest BCUT2D eigenvalue weighted by Gasteiger charge is 2.15. The zero-order valence-corrected chi connectivity index (χ0v) is 12.9. The van der Waals surface area contributed by atoms with Crippen LogP contribution in [0.25, 0.3) is 10.2 Å². The molecule has 0 aliphatic heterocycles. The number of nitrogens with zero attached hydrogens (tertiary/aromatic N) is 2. The molecule has 0 saturated carbocycles. The minimum Gasteiger partial charge on any atom is -0.461 e. The van der Waals surface area contributed by atoms with Crippen LogP contribution in [-0.4, -0.2) is 21.6 Å². The Hall–Kier alpha value is -1.69. The number of carbonyl (C=O) groups excluding carboxylic acids is 1. The number of aryl methyl sites for hydroxylation is 2. The Kier molecular flexibility index (Phi) is 4.23. The van der Waals surface area contributed by atoms with Crippen LogP contribution in [0.5, 0.6) is 0 Å². The summed E-state index contributed by atoms with van der Waals surface area (Å²) in [5, 5.41) is 0.564. The van der Waals surface area contributed by atoms with Crippen LogP contribution < -0.4 is 5.56 Å². The molecule has 1 atom stereocenters. The monoisotopic (exact) mass is 294 g/mol. The molecule has 5 nitrogen and oxygen atoms in total. The lowest BCUT2D eigenvalue weighted by atomic mass is 10.3. The first kappa shape index (κ1) is 14.7. The molecule has 0 radical (unpaired) electrons. The molecule has 0 aliphatic rings. The largest absolute Gasteiger partial charge is 0.461 e.